The molecule has 1 fully saturated rings. The molecule has 0 radical (unpaired) electrons. The van der Waals surface area contributed by atoms with Gasteiger partial charge in [-0.25, -0.2) is 8.42 Å². The van der Waals surface area contributed by atoms with Crippen molar-refractivity contribution in [2.24, 2.45) is 0 Å². The Bertz CT molecular complexity index is 174. The van der Waals surface area contributed by atoms with Crippen LogP contribution in [0.4, 0.5) is 0 Å². The molecule has 1 saturated heterocycles. The molecule has 48 valence electrons. The third-order valence-corrected chi connectivity index (χ3v) is 2.74. The minimum Gasteiger partial charge on any atom is -0.289 e. The molecule has 0 aromatic heterocycles. The zero-order valence-corrected chi connectivity index (χ0v) is 5.40. The fourth-order valence-corrected chi connectivity index (χ4v) is 1.40. The van der Waals surface area contributed by atoms with Gasteiger partial charge in [-0.15, -0.1) is 0 Å². The molecule has 0 amide bonds. The van der Waals surface area contributed by atoms with Gasteiger partial charge >= 0.3 is 0 Å². The molecule has 0 aromatic carbocycles. The number of hydrogen-bond donors (Lipinski definition) is 1. The summed E-state index contributed by atoms with van der Waals surface area (Å²) in [5.74, 6) is 0.0868. The first-order valence-corrected chi connectivity index (χ1v) is 3.88. The monoisotopic (exact) mass is 136 g/mol. The SMILES string of the molecule is CN1CNCS1(=O)=O. The topological polar surface area (TPSA) is 49.4 Å². The quantitative estimate of drug-likeness (QED) is 0.453. The van der Waals surface area contributed by atoms with Crippen LogP contribution in [-0.4, -0.2) is 32.3 Å². The third-order valence-electron chi connectivity index (χ3n) is 1.09. The summed E-state index contributed by atoms with van der Waals surface area (Å²) in [6.45, 7) is 0.447. The summed E-state index contributed by atoms with van der Waals surface area (Å²) >= 11 is 0. The summed E-state index contributed by atoms with van der Waals surface area (Å²) in [5.41, 5.74) is 0. The summed E-state index contributed by atoms with van der Waals surface area (Å²) in [6, 6.07) is 0. The van der Waals surface area contributed by atoms with E-state index >= 15 is 0 Å². The van der Waals surface area contributed by atoms with Crippen molar-refractivity contribution in [3.8, 4) is 0 Å². The summed E-state index contributed by atoms with van der Waals surface area (Å²) in [6.07, 6.45) is 0. The van der Waals surface area contributed by atoms with Crippen LogP contribution in [0.1, 0.15) is 0 Å². The van der Waals surface area contributed by atoms with Crippen LogP contribution in [0.5, 0.6) is 0 Å². The largest absolute Gasteiger partial charge is 0.289 e. The minimum atomic E-state index is -2.90. The Hall–Kier alpha value is -0.130. The van der Waals surface area contributed by atoms with E-state index in [0.29, 0.717) is 6.67 Å². The predicted molar refractivity (Wildman–Crippen MR) is 29.6 cm³/mol. The summed E-state index contributed by atoms with van der Waals surface area (Å²) in [4.78, 5) is 0. The molecule has 1 heterocycles. The molecule has 8 heavy (non-hydrogen) atoms. The average Bonchev–Trinajstić information content (AvgIpc) is 1.86. The number of nitrogens with zero attached hydrogens (tertiary/aromatic N) is 1. The third kappa shape index (κ3) is 0.841. The van der Waals surface area contributed by atoms with Crippen molar-refractivity contribution in [1.82, 2.24) is 9.62 Å². The first-order valence-electron chi connectivity index (χ1n) is 2.28. The van der Waals surface area contributed by atoms with E-state index in [1.54, 1.807) is 7.05 Å². The van der Waals surface area contributed by atoms with E-state index in [4.69, 9.17) is 0 Å². The van der Waals surface area contributed by atoms with Gasteiger partial charge in [-0.3, -0.25) is 5.32 Å². The van der Waals surface area contributed by atoms with Crippen molar-refractivity contribution < 1.29 is 8.42 Å². The summed E-state index contributed by atoms with van der Waals surface area (Å²) in [5, 5.41) is 2.70. The number of sulfonamides is 1. The molecule has 0 saturated carbocycles. The van der Waals surface area contributed by atoms with Crippen LogP contribution >= 0.6 is 0 Å². The highest BCUT2D eigenvalue weighted by Gasteiger charge is 2.22. The van der Waals surface area contributed by atoms with E-state index < -0.39 is 10.0 Å². The molecule has 0 atom stereocenters. The van der Waals surface area contributed by atoms with Gasteiger partial charge in [0.2, 0.25) is 10.0 Å². The lowest BCUT2D eigenvalue weighted by atomic mass is 11.0. The normalized spacial score (nSPS) is 28.6. The molecule has 0 aliphatic carbocycles. The second-order valence-electron chi connectivity index (χ2n) is 1.76. The van der Waals surface area contributed by atoms with E-state index in [1.807, 2.05) is 0 Å². The highest BCUT2D eigenvalue weighted by atomic mass is 32.2. The van der Waals surface area contributed by atoms with Crippen LogP contribution in [0, 0.1) is 0 Å². The van der Waals surface area contributed by atoms with Crippen LogP contribution in [0.25, 0.3) is 0 Å². The van der Waals surface area contributed by atoms with Crippen molar-refractivity contribution in [2.45, 2.75) is 0 Å². The van der Waals surface area contributed by atoms with Gasteiger partial charge in [-0.05, 0) is 0 Å². The molecule has 0 bridgehead atoms. The Morgan fingerprint density at radius 1 is 1.62 bits per heavy atom. The minimum absolute atomic E-state index is 0.0868. The van der Waals surface area contributed by atoms with Crippen LogP contribution in [0.15, 0.2) is 0 Å². The average molecular weight is 136 g/mol. The maximum atomic E-state index is 10.6. The predicted octanol–water partition coefficient (Wildman–Crippen LogP) is -1.23. The Morgan fingerprint density at radius 2 is 2.25 bits per heavy atom. The lowest BCUT2D eigenvalue weighted by molar-refractivity contribution is 0.495. The van der Waals surface area contributed by atoms with Crippen LogP contribution < -0.4 is 5.32 Å². The molecule has 0 unspecified atom stereocenters. The Kier molecular flexibility index (Phi) is 1.26. The van der Waals surface area contributed by atoms with Crippen molar-refractivity contribution in [3.63, 3.8) is 0 Å². The van der Waals surface area contributed by atoms with Crippen molar-refractivity contribution >= 4 is 10.0 Å². The second kappa shape index (κ2) is 1.68. The molecule has 1 aliphatic heterocycles. The Balaban J connectivity index is 2.85. The van der Waals surface area contributed by atoms with E-state index in [2.05, 4.69) is 5.32 Å². The molecule has 0 aromatic rings. The molecule has 1 aliphatic rings. The van der Waals surface area contributed by atoms with Gasteiger partial charge in [0.25, 0.3) is 0 Å². The number of rotatable bonds is 0. The molecular weight excluding hydrogens is 128 g/mol. The second-order valence-corrected chi connectivity index (χ2v) is 3.84. The summed E-state index contributed by atoms with van der Waals surface area (Å²) in [7, 11) is -1.35. The maximum absolute atomic E-state index is 10.6. The van der Waals surface area contributed by atoms with Crippen molar-refractivity contribution in [1.29, 1.82) is 0 Å². The standard InChI is InChI=1S/C3H8N2O2S/c1-5-2-4-3-8(5,6)7/h4H,2-3H2,1H3. The zero-order valence-electron chi connectivity index (χ0n) is 4.59. The smallest absolute Gasteiger partial charge is 0.228 e. The van der Waals surface area contributed by atoms with Gasteiger partial charge in [-0.2, -0.15) is 4.31 Å². The lowest BCUT2D eigenvalue weighted by Crippen LogP contribution is -2.20. The van der Waals surface area contributed by atoms with Crippen LogP contribution in [-0.2, 0) is 10.0 Å². The highest BCUT2D eigenvalue weighted by molar-refractivity contribution is 7.89. The zero-order chi connectivity index (χ0) is 6.20. The van der Waals surface area contributed by atoms with Gasteiger partial charge in [-0.1, -0.05) is 0 Å². The van der Waals surface area contributed by atoms with Crippen LogP contribution in [0.3, 0.4) is 0 Å². The molecule has 5 heteroatoms. The molecular formula is C3H8N2O2S. The summed E-state index contributed by atoms with van der Waals surface area (Å²) < 4.78 is 22.5. The van der Waals surface area contributed by atoms with Crippen molar-refractivity contribution in [2.75, 3.05) is 19.6 Å². The number of nitrogens with one attached hydrogen (secondary N) is 1. The molecule has 4 nitrogen and oxygen atoms in total. The fourth-order valence-electron chi connectivity index (χ4n) is 0.541. The Labute approximate surface area is 48.5 Å². The van der Waals surface area contributed by atoms with Gasteiger partial charge < -0.3 is 0 Å². The Morgan fingerprint density at radius 3 is 2.38 bits per heavy atom. The van der Waals surface area contributed by atoms with Gasteiger partial charge in [0.1, 0.15) is 5.88 Å². The number of hydrogen-bond acceptors (Lipinski definition) is 3. The molecule has 1 rings (SSSR count). The van der Waals surface area contributed by atoms with Gasteiger partial charge in [0.15, 0.2) is 0 Å². The van der Waals surface area contributed by atoms with Crippen LogP contribution in [0.2, 0.25) is 0 Å². The van der Waals surface area contributed by atoms with E-state index in [1.165, 1.54) is 4.31 Å². The van der Waals surface area contributed by atoms with E-state index in [0.717, 1.165) is 0 Å². The van der Waals surface area contributed by atoms with Gasteiger partial charge in [0, 0.05) is 7.05 Å². The highest BCUT2D eigenvalue weighted by Crippen LogP contribution is 1.99. The first-order chi connectivity index (χ1) is 3.63. The lowest BCUT2D eigenvalue weighted by Gasteiger charge is -2.01. The van der Waals surface area contributed by atoms with Crippen molar-refractivity contribution in [3.05, 3.63) is 0 Å². The van der Waals surface area contributed by atoms with E-state index in [9.17, 15) is 8.42 Å². The van der Waals surface area contributed by atoms with Gasteiger partial charge in [0.05, 0.1) is 6.67 Å². The first kappa shape index (κ1) is 6.00. The molecule has 1 N–H and O–H groups in total. The maximum Gasteiger partial charge on any atom is 0.228 e. The fraction of sp³-hybridized carbons (Fsp3) is 1.00. The van der Waals surface area contributed by atoms with E-state index in [-0.39, 0.29) is 5.88 Å². The molecule has 0 spiro atoms.